The van der Waals surface area contributed by atoms with Crippen LogP contribution in [0.4, 0.5) is 5.69 Å². The highest BCUT2D eigenvalue weighted by Crippen LogP contribution is 2.47. The highest BCUT2D eigenvalue weighted by molar-refractivity contribution is 6.09. The quantitative estimate of drug-likeness (QED) is 0.274. The molecular formula is C25H27NO5. The van der Waals surface area contributed by atoms with Crippen LogP contribution in [0, 0.1) is 10.1 Å². The third-order valence-corrected chi connectivity index (χ3v) is 5.91. The van der Waals surface area contributed by atoms with Crippen LogP contribution < -0.4 is 9.47 Å². The molecule has 31 heavy (non-hydrogen) atoms. The van der Waals surface area contributed by atoms with Crippen LogP contribution in [0.15, 0.2) is 36.4 Å². The summed E-state index contributed by atoms with van der Waals surface area (Å²) in [7, 11) is 0. The molecule has 6 heteroatoms. The van der Waals surface area contributed by atoms with E-state index >= 15 is 0 Å². The number of benzene rings is 2. The van der Waals surface area contributed by atoms with Crippen molar-refractivity contribution in [1.82, 2.24) is 0 Å². The van der Waals surface area contributed by atoms with E-state index in [1.165, 1.54) is 18.2 Å². The fraction of sp³-hybridized carbons (Fsp3) is 0.400. The number of ether oxygens (including phenoxy) is 2. The monoisotopic (exact) mass is 421 g/mol. The Labute approximate surface area is 182 Å². The van der Waals surface area contributed by atoms with Crippen LogP contribution in [0.5, 0.6) is 11.5 Å². The van der Waals surface area contributed by atoms with Gasteiger partial charge in [0, 0.05) is 17.7 Å². The van der Waals surface area contributed by atoms with Crippen LogP contribution in [0.1, 0.15) is 67.6 Å². The number of carbonyl (C=O) groups is 1. The fourth-order valence-corrected chi connectivity index (χ4v) is 4.12. The van der Waals surface area contributed by atoms with Gasteiger partial charge in [-0.2, -0.15) is 0 Å². The minimum absolute atomic E-state index is 0.00870. The predicted molar refractivity (Wildman–Crippen MR) is 119 cm³/mol. The molecule has 0 saturated carbocycles. The molecule has 2 heterocycles. The highest BCUT2D eigenvalue weighted by atomic mass is 16.6. The maximum absolute atomic E-state index is 13.2. The van der Waals surface area contributed by atoms with Gasteiger partial charge in [-0.1, -0.05) is 18.2 Å². The van der Waals surface area contributed by atoms with Gasteiger partial charge in [-0.3, -0.25) is 14.9 Å². The summed E-state index contributed by atoms with van der Waals surface area (Å²) < 4.78 is 12.6. The summed E-state index contributed by atoms with van der Waals surface area (Å²) in [6.07, 6.45) is 6.42. The Morgan fingerprint density at radius 1 is 1.03 bits per heavy atom. The molecule has 0 bridgehead atoms. The lowest BCUT2D eigenvalue weighted by molar-refractivity contribution is -0.384. The Bertz CT molecular complexity index is 1100. The zero-order chi connectivity index (χ0) is 22.4. The van der Waals surface area contributed by atoms with Crippen molar-refractivity contribution in [2.24, 2.45) is 0 Å². The average molecular weight is 421 g/mol. The van der Waals surface area contributed by atoms with E-state index in [9.17, 15) is 14.9 Å². The van der Waals surface area contributed by atoms with E-state index in [4.69, 9.17) is 9.47 Å². The average Bonchev–Trinajstić information content (AvgIpc) is 2.70. The second kappa shape index (κ2) is 7.52. The minimum atomic E-state index is -0.448. The summed E-state index contributed by atoms with van der Waals surface area (Å²) in [6.45, 7) is 8.20. The van der Waals surface area contributed by atoms with E-state index in [1.807, 2.05) is 19.9 Å². The minimum Gasteiger partial charge on any atom is -0.487 e. The SMILES string of the molecule is CC1(C)CCc2cc(C(=O)/C=C/c3cccc([N+](=O)[O-])c3)c3c(c2O1)CCC(C)(C)O3. The van der Waals surface area contributed by atoms with Crippen molar-refractivity contribution in [3.05, 3.63) is 68.8 Å². The van der Waals surface area contributed by atoms with Crippen molar-refractivity contribution in [3.63, 3.8) is 0 Å². The third kappa shape index (κ3) is 4.33. The van der Waals surface area contributed by atoms with Crippen molar-refractivity contribution >= 4 is 17.5 Å². The van der Waals surface area contributed by atoms with Crippen LogP contribution in [0.25, 0.3) is 6.08 Å². The Morgan fingerprint density at radius 3 is 2.42 bits per heavy atom. The molecule has 2 aromatic carbocycles. The topological polar surface area (TPSA) is 78.7 Å². The van der Waals surface area contributed by atoms with Gasteiger partial charge >= 0.3 is 0 Å². The van der Waals surface area contributed by atoms with E-state index in [1.54, 1.807) is 18.2 Å². The summed E-state index contributed by atoms with van der Waals surface area (Å²) in [5.41, 5.74) is 2.49. The van der Waals surface area contributed by atoms with E-state index < -0.39 is 4.92 Å². The number of nitro benzene ring substituents is 1. The summed E-state index contributed by atoms with van der Waals surface area (Å²) in [4.78, 5) is 23.7. The van der Waals surface area contributed by atoms with Crippen LogP contribution in [0.2, 0.25) is 0 Å². The summed E-state index contributed by atoms with van der Waals surface area (Å²) in [6, 6.07) is 8.10. The van der Waals surface area contributed by atoms with Gasteiger partial charge in [-0.15, -0.1) is 0 Å². The Kier molecular flexibility index (Phi) is 5.12. The van der Waals surface area contributed by atoms with Crippen LogP contribution >= 0.6 is 0 Å². The Morgan fingerprint density at radius 2 is 1.71 bits per heavy atom. The number of allylic oxidation sites excluding steroid dienone is 1. The Hall–Kier alpha value is -3.15. The standard InChI is InChI=1S/C25H27NO5/c1-24(2)12-10-17-15-20(23-19(22(17)30-24)11-13-25(3,4)31-23)21(27)9-8-16-6-5-7-18(14-16)26(28)29/h5-9,14-15H,10-13H2,1-4H3/b9-8+. The zero-order valence-corrected chi connectivity index (χ0v) is 18.4. The van der Waals surface area contributed by atoms with Gasteiger partial charge in [0.05, 0.1) is 10.5 Å². The molecule has 162 valence electrons. The van der Waals surface area contributed by atoms with Crippen LogP contribution in [-0.2, 0) is 12.8 Å². The maximum atomic E-state index is 13.2. The van der Waals surface area contributed by atoms with Crippen LogP contribution in [0.3, 0.4) is 0 Å². The molecule has 2 aromatic rings. The van der Waals surface area contributed by atoms with E-state index in [0.717, 1.165) is 42.6 Å². The molecule has 2 aliphatic heterocycles. The first-order valence-electron chi connectivity index (χ1n) is 10.6. The number of rotatable bonds is 4. The van der Waals surface area contributed by atoms with Crippen molar-refractivity contribution in [1.29, 1.82) is 0 Å². The van der Waals surface area contributed by atoms with Crippen molar-refractivity contribution in [2.75, 3.05) is 0 Å². The number of non-ortho nitro benzene ring substituents is 1. The fourth-order valence-electron chi connectivity index (χ4n) is 4.12. The lowest BCUT2D eigenvalue weighted by Gasteiger charge is -2.39. The normalized spacial score (nSPS) is 18.5. The first-order valence-corrected chi connectivity index (χ1v) is 10.6. The molecule has 0 saturated heterocycles. The molecule has 0 spiro atoms. The third-order valence-electron chi connectivity index (χ3n) is 5.91. The molecule has 0 fully saturated rings. The smallest absolute Gasteiger partial charge is 0.270 e. The first kappa shape index (κ1) is 21.1. The second-order valence-corrected chi connectivity index (χ2v) is 9.49. The van der Waals surface area contributed by atoms with Gasteiger partial charge in [-0.05, 0) is 76.6 Å². The number of hydrogen-bond acceptors (Lipinski definition) is 5. The first-order chi connectivity index (χ1) is 14.5. The van der Waals surface area contributed by atoms with Gasteiger partial charge in [0.25, 0.3) is 5.69 Å². The number of hydrogen-bond donors (Lipinski definition) is 0. The predicted octanol–water partition coefficient (Wildman–Crippen LogP) is 5.70. The van der Waals surface area contributed by atoms with E-state index in [2.05, 4.69) is 13.8 Å². The largest absolute Gasteiger partial charge is 0.487 e. The molecule has 0 amide bonds. The molecular weight excluding hydrogens is 394 g/mol. The molecule has 4 rings (SSSR count). The van der Waals surface area contributed by atoms with E-state index in [-0.39, 0.29) is 22.7 Å². The molecule has 0 radical (unpaired) electrons. The number of aryl methyl sites for hydroxylation is 1. The molecule has 0 aromatic heterocycles. The van der Waals surface area contributed by atoms with Crippen molar-refractivity contribution in [3.8, 4) is 11.5 Å². The highest BCUT2D eigenvalue weighted by Gasteiger charge is 2.36. The zero-order valence-electron chi connectivity index (χ0n) is 18.4. The van der Waals surface area contributed by atoms with Gasteiger partial charge < -0.3 is 9.47 Å². The van der Waals surface area contributed by atoms with Gasteiger partial charge in [0.15, 0.2) is 5.78 Å². The summed E-state index contributed by atoms with van der Waals surface area (Å²) in [5.74, 6) is 1.27. The lowest BCUT2D eigenvalue weighted by atomic mass is 9.85. The number of fused-ring (bicyclic) bond motifs is 3. The summed E-state index contributed by atoms with van der Waals surface area (Å²) in [5, 5.41) is 11.0. The maximum Gasteiger partial charge on any atom is 0.270 e. The van der Waals surface area contributed by atoms with Crippen molar-refractivity contribution < 1.29 is 19.2 Å². The lowest BCUT2D eigenvalue weighted by Crippen LogP contribution is -2.37. The van der Waals surface area contributed by atoms with Gasteiger partial charge in [0.2, 0.25) is 0 Å². The van der Waals surface area contributed by atoms with Crippen LogP contribution in [-0.4, -0.2) is 21.9 Å². The molecule has 0 aliphatic carbocycles. The van der Waals surface area contributed by atoms with Gasteiger partial charge in [-0.25, -0.2) is 0 Å². The Balaban J connectivity index is 1.73. The number of nitrogens with zero attached hydrogens (tertiary/aromatic N) is 1. The summed E-state index contributed by atoms with van der Waals surface area (Å²) >= 11 is 0. The second-order valence-electron chi connectivity index (χ2n) is 9.49. The molecule has 0 unspecified atom stereocenters. The van der Waals surface area contributed by atoms with E-state index in [0.29, 0.717) is 16.9 Å². The van der Waals surface area contributed by atoms with Gasteiger partial charge in [0.1, 0.15) is 22.7 Å². The molecule has 0 atom stereocenters. The molecule has 6 nitrogen and oxygen atoms in total. The number of ketones is 1. The molecule has 2 aliphatic rings. The number of nitro groups is 1. The number of carbonyl (C=O) groups excluding carboxylic acids is 1. The van der Waals surface area contributed by atoms with Crippen molar-refractivity contribution in [2.45, 2.75) is 64.6 Å². The molecule has 0 N–H and O–H groups in total.